The van der Waals surface area contributed by atoms with Crippen molar-refractivity contribution in [2.45, 2.75) is 39.8 Å². The van der Waals surface area contributed by atoms with Crippen molar-refractivity contribution in [1.82, 2.24) is 5.32 Å². The summed E-state index contributed by atoms with van der Waals surface area (Å²) in [6.45, 7) is 7.80. The van der Waals surface area contributed by atoms with Crippen LogP contribution in [0.25, 0.3) is 0 Å². The van der Waals surface area contributed by atoms with Gasteiger partial charge < -0.3 is 16.4 Å². The highest BCUT2D eigenvalue weighted by atomic mass is 35.5. The molecule has 1 rings (SSSR count). The summed E-state index contributed by atoms with van der Waals surface area (Å²) in [6.07, 6.45) is 0. The number of nitrogen functional groups attached to an aromatic ring is 1. The number of nitrogens with two attached hydrogens (primary N) is 1. The van der Waals surface area contributed by atoms with Gasteiger partial charge in [-0.3, -0.25) is 4.79 Å². The van der Waals surface area contributed by atoms with Gasteiger partial charge in [-0.25, -0.2) is 0 Å². The number of rotatable bonds is 4. The first-order chi connectivity index (χ1) is 8.31. The van der Waals surface area contributed by atoms with Crippen LogP contribution in [0.3, 0.4) is 0 Å². The molecule has 0 spiro atoms. The zero-order valence-corrected chi connectivity index (χ0v) is 11.9. The fraction of sp³-hybridized carbons (Fsp3) is 0.462. The van der Waals surface area contributed by atoms with Gasteiger partial charge in [0.15, 0.2) is 0 Å². The van der Waals surface area contributed by atoms with E-state index in [0.717, 1.165) is 5.69 Å². The van der Waals surface area contributed by atoms with Gasteiger partial charge in [0, 0.05) is 12.1 Å². The van der Waals surface area contributed by atoms with Crippen LogP contribution in [0.5, 0.6) is 0 Å². The van der Waals surface area contributed by atoms with E-state index in [2.05, 4.69) is 10.6 Å². The maximum absolute atomic E-state index is 11.9. The van der Waals surface area contributed by atoms with Gasteiger partial charge in [-0.2, -0.15) is 0 Å². The van der Waals surface area contributed by atoms with Crippen molar-refractivity contribution in [2.24, 2.45) is 0 Å². The Morgan fingerprint density at radius 1 is 1.22 bits per heavy atom. The Labute approximate surface area is 113 Å². The molecule has 0 aliphatic rings. The van der Waals surface area contributed by atoms with E-state index in [1.54, 1.807) is 12.1 Å². The summed E-state index contributed by atoms with van der Waals surface area (Å²) in [5.41, 5.74) is 7.57. The molecular formula is C13H20ClN3O. The number of nitrogens with one attached hydrogen (secondary N) is 2. The van der Waals surface area contributed by atoms with E-state index in [0.29, 0.717) is 16.3 Å². The number of carbonyl (C=O) groups is 1. The molecule has 0 aliphatic carbocycles. The SMILES string of the molecule is CC(C)NC(=O)c1cc(N)c(NC(C)C)cc1Cl. The Hall–Kier alpha value is -1.42. The second kappa shape index (κ2) is 5.96. The van der Waals surface area contributed by atoms with Gasteiger partial charge in [0.2, 0.25) is 0 Å². The predicted octanol–water partition coefficient (Wildman–Crippen LogP) is 2.88. The highest BCUT2D eigenvalue weighted by molar-refractivity contribution is 6.34. The topological polar surface area (TPSA) is 67.2 Å². The minimum atomic E-state index is -0.210. The van der Waals surface area contributed by atoms with Gasteiger partial charge in [0.1, 0.15) is 0 Å². The number of anilines is 2. The molecule has 1 amide bonds. The first-order valence-corrected chi connectivity index (χ1v) is 6.35. The number of carbonyl (C=O) groups excluding carboxylic acids is 1. The lowest BCUT2D eigenvalue weighted by atomic mass is 10.1. The summed E-state index contributed by atoms with van der Waals surface area (Å²) in [5.74, 6) is -0.210. The molecule has 1 aromatic carbocycles. The first kappa shape index (κ1) is 14.6. The third-order valence-corrected chi connectivity index (χ3v) is 2.56. The third-order valence-electron chi connectivity index (χ3n) is 2.25. The van der Waals surface area contributed by atoms with Crippen molar-refractivity contribution in [3.8, 4) is 0 Å². The van der Waals surface area contributed by atoms with Crippen molar-refractivity contribution in [3.63, 3.8) is 0 Å². The Morgan fingerprint density at radius 3 is 2.33 bits per heavy atom. The summed E-state index contributed by atoms with van der Waals surface area (Å²) in [5, 5.41) is 6.36. The monoisotopic (exact) mass is 269 g/mol. The molecule has 18 heavy (non-hydrogen) atoms. The molecule has 0 atom stereocenters. The van der Waals surface area contributed by atoms with Gasteiger partial charge >= 0.3 is 0 Å². The Morgan fingerprint density at radius 2 is 1.83 bits per heavy atom. The van der Waals surface area contributed by atoms with Crippen LogP contribution in [0.4, 0.5) is 11.4 Å². The number of hydrogen-bond acceptors (Lipinski definition) is 3. The molecule has 100 valence electrons. The van der Waals surface area contributed by atoms with E-state index >= 15 is 0 Å². The van der Waals surface area contributed by atoms with Crippen molar-refractivity contribution in [1.29, 1.82) is 0 Å². The number of hydrogen-bond donors (Lipinski definition) is 3. The van der Waals surface area contributed by atoms with Crippen molar-refractivity contribution < 1.29 is 4.79 Å². The largest absolute Gasteiger partial charge is 0.397 e. The van der Waals surface area contributed by atoms with E-state index in [-0.39, 0.29) is 18.0 Å². The van der Waals surface area contributed by atoms with Gasteiger partial charge in [-0.1, -0.05) is 11.6 Å². The van der Waals surface area contributed by atoms with Crippen molar-refractivity contribution >= 4 is 28.9 Å². The van der Waals surface area contributed by atoms with Gasteiger partial charge in [0.05, 0.1) is 22.0 Å². The first-order valence-electron chi connectivity index (χ1n) is 5.97. The molecule has 0 fully saturated rings. The normalized spacial score (nSPS) is 10.8. The fourth-order valence-electron chi connectivity index (χ4n) is 1.54. The van der Waals surface area contributed by atoms with Crippen LogP contribution in [-0.4, -0.2) is 18.0 Å². The minimum Gasteiger partial charge on any atom is -0.397 e. The predicted molar refractivity (Wildman–Crippen MR) is 77.2 cm³/mol. The van der Waals surface area contributed by atoms with Crippen LogP contribution in [-0.2, 0) is 0 Å². The summed E-state index contributed by atoms with van der Waals surface area (Å²) in [4.78, 5) is 11.9. The van der Waals surface area contributed by atoms with E-state index in [1.165, 1.54) is 0 Å². The highest BCUT2D eigenvalue weighted by Gasteiger charge is 2.14. The third kappa shape index (κ3) is 3.81. The van der Waals surface area contributed by atoms with Crippen LogP contribution in [0, 0.1) is 0 Å². The van der Waals surface area contributed by atoms with Crippen LogP contribution >= 0.6 is 11.6 Å². The zero-order chi connectivity index (χ0) is 13.9. The van der Waals surface area contributed by atoms with Crippen LogP contribution in [0.1, 0.15) is 38.1 Å². The number of halogens is 1. The van der Waals surface area contributed by atoms with E-state index < -0.39 is 0 Å². The summed E-state index contributed by atoms with van der Waals surface area (Å²) in [7, 11) is 0. The molecule has 1 aromatic rings. The number of benzene rings is 1. The fourth-order valence-corrected chi connectivity index (χ4v) is 1.79. The molecule has 4 nitrogen and oxygen atoms in total. The molecule has 0 aliphatic heterocycles. The Bertz CT molecular complexity index is 444. The Kier molecular flexibility index (Phi) is 4.84. The maximum Gasteiger partial charge on any atom is 0.253 e. The molecule has 5 heteroatoms. The van der Waals surface area contributed by atoms with Gasteiger partial charge in [0.25, 0.3) is 5.91 Å². The molecule has 0 unspecified atom stereocenters. The maximum atomic E-state index is 11.9. The summed E-state index contributed by atoms with van der Waals surface area (Å²) < 4.78 is 0. The lowest BCUT2D eigenvalue weighted by Crippen LogP contribution is -2.30. The second-order valence-corrected chi connectivity index (χ2v) is 5.25. The highest BCUT2D eigenvalue weighted by Crippen LogP contribution is 2.28. The standard InChI is InChI=1S/C13H20ClN3O/c1-7(2)16-12-6-10(14)9(5-11(12)15)13(18)17-8(3)4/h5-8,16H,15H2,1-4H3,(H,17,18). The molecule has 4 N–H and O–H groups in total. The number of amides is 1. The van der Waals surface area contributed by atoms with Crippen LogP contribution < -0.4 is 16.4 Å². The van der Waals surface area contributed by atoms with E-state index in [1.807, 2.05) is 27.7 Å². The van der Waals surface area contributed by atoms with Crippen LogP contribution in [0.15, 0.2) is 12.1 Å². The van der Waals surface area contributed by atoms with Gasteiger partial charge in [-0.05, 0) is 39.8 Å². The zero-order valence-electron chi connectivity index (χ0n) is 11.2. The molecule has 0 saturated heterocycles. The molecule has 0 bridgehead atoms. The average Bonchev–Trinajstić information content (AvgIpc) is 2.21. The quantitative estimate of drug-likeness (QED) is 0.737. The average molecular weight is 270 g/mol. The lowest BCUT2D eigenvalue weighted by Gasteiger charge is -2.15. The molecule has 0 aromatic heterocycles. The minimum absolute atomic E-state index is 0.0586. The van der Waals surface area contributed by atoms with Crippen molar-refractivity contribution in [2.75, 3.05) is 11.1 Å². The van der Waals surface area contributed by atoms with E-state index in [9.17, 15) is 4.79 Å². The van der Waals surface area contributed by atoms with Crippen LogP contribution in [0.2, 0.25) is 5.02 Å². The molecule has 0 radical (unpaired) electrons. The molecule has 0 heterocycles. The Balaban J connectivity index is 3.03. The smallest absolute Gasteiger partial charge is 0.253 e. The molecule has 0 saturated carbocycles. The lowest BCUT2D eigenvalue weighted by molar-refractivity contribution is 0.0943. The summed E-state index contributed by atoms with van der Waals surface area (Å²) in [6, 6.07) is 3.60. The second-order valence-electron chi connectivity index (χ2n) is 4.85. The van der Waals surface area contributed by atoms with Crippen molar-refractivity contribution in [3.05, 3.63) is 22.7 Å². The summed E-state index contributed by atoms with van der Waals surface area (Å²) >= 11 is 6.11. The van der Waals surface area contributed by atoms with Gasteiger partial charge in [-0.15, -0.1) is 0 Å². The molecular weight excluding hydrogens is 250 g/mol. The van der Waals surface area contributed by atoms with E-state index in [4.69, 9.17) is 17.3 Å².